The van der Waals surface area contributed by atoms with Crippen LogP contribution in [0.2, 0.25) is 25.7 Å². The Labute approximate surface area is 171 Å². The van der Waals surface area contributed by atoms with Crippen molar-refractivity contribution in [3.63, 3.8) is 0 Å². The maximum atomic E-state index is 11.4. The van der Waals surface area contributed by atoms with Crippen molar-refractivity contribution in [1.82, 2.24) is 5.32 Å². The van der Waals surface area contributed by atoms with E-state index in [1.54, 1.807) is 0 Å². The van der Waals surface area contributed by atoms with Crippen molar-refractivity contribution in [2.24, 2.45) is 5.92 Å². The van der Waals surface area contributed by atoms with Gasteiger partial charge in [-0.05, 0) is 37.1 Å². The van der Waals surface area contributed by atoms with Gasteiger partial charge in [0.2, 0.25) is 0 Å². The topological polar surface area (TPSA) is 117 Å². The van der Waals surface area contributed by atoms with Crippen LogP contribution in [0.25, 0.3) is 0 Å². The van der Waals surface area contributed by atoms with Crippen molar-refractivity contribution in [2.45, 2.75) is 45.1 Å². The van der Waals surface area contributed by atoms with Crippen LogP contribution < -0.4 is 10.1 Å². The summed E-state index contributed by atoms with van der Waals surface area (Å²) in [5.74, 6) is 0.692. The van der Waals surface area contributed by atoms with E-state index in [-0.39, 0.29) is 23.4 Å². The lowest BCUT2D eigenvalue weighted by Gasteiger charge is -2.14. The number of nitro benzene ring substituents is 1. The molecule has 29 heavy (non-hydrogen) atoms. The normalized spacial score (nSPS) is 18.2. The average molecular weight is 427 g/mol. The largest absolute Gasteiger partial charge is 0.513 e. The first-order chi connectivity index (χ1) is 13.5. The number of benzene rings is 1. The maximum Gasteiger partial charge on any atom is 0.513 e. The van der Waals surface area contributed by atoms with Crippen LogP contribution in [-0.4, -0.2) is 51.4 Å². The summed E-state index contributed by atoms with van der Waals surface area (Å²) in [6.07, 6.45) is 0.124. The standard InChI is InChI=1S/C12H17NO5Si.C7H13NO2/c1-19(2,3)9-8-17-12(14)18-11-6-4-10(5-7-11)13(15)16;1-5-3-6(8-4-5)7(9)10-2/h4-7H,8-9H2,1-3H3;5-6,8H,3-4H2,1-2H3/t;5-,6+/m.1/s1. The first kappa shape index (κ1) is 24.6. The van der Waals surface area contributed by atoms with Gasteiger partial charge in [-0.15, -0.1) is 0 Å². The third kappa shape index (κ3) is 10.0. The highest BCUT2D eigenvalue weighted by molar-refractivity contribution is 6.76. The quantitative estimate of drug-likeness (QED) is 0.241. The number of esters is 1. The molecule has 0 aliphatic carbocycles. The minimum atomic E-state index is -1.24. The number of hydrogen-bond acceptors (Lipinski definition) is 8. The molecule has 10 heteroatoms. The van der Waals surface area contributed by atoms with Crippen LogP contribution in [0.3, 0.4) is 0 Å². The van der Waals surface area contributed by atoms with Crippen molar-refractivity contribution >= 4 is 25.9 Å². The van der Waals surface area contributed by atoms with Crippen LogP contribution in [0.1, 0.15) is 13.3 Å². The Balaban J connectivity index is 0.000000352. The van der Waals surface area contributed by atoms with Gasteiger partial charge in [-0.1, -0.05) is 26.6 Å². The van der Waals surface area contributed by atoms with Crippen LogP contribution in [0.15, 0.2) is 24.3 Å². The number of carbonyl (C=O) groups excluding carboxylic acids is 2. The number of nitrogens with one attached hydrogen (secondary N) is 1. The molecule has 2 rings (SSSR count). The van der Waals surface area contributed by atoms with Gasteiger partial charge in [0, 0.05) is 20.2 Å². The minimum Gasteiger partial charge on any atom is -0.468 e. The predicted octanol–water partition coefficient (Wildman–Crippen LogP) is 3.61. The first-order valence-corrected chi connectivity index (χ1v) is 13.1. The molecule has 0 unspecified atom stereocenters. The van der Waals surface area contributed by atoms with E-state index in [4.69, 9.17) is 9.47 Å². The SMILES string of the molecule is COC(=O)[C@@H]1C[C@@H](C)CN1.C[Si](C)(C)CCOC(=O)Oc1ccc([N+](=O)[O-])cc1. The molecule has 1 heterocycles. The van der Waals surface area contributed by atoms with Gasteiger partial charge in [-0.3, -0.25) is 14.9 Å². The van der Waals surface area contributed by atoms with Crippen LogP contribution in [0, 0.1) is 16.0 Å². The second-order valence-electron chi connectivity index (χ2n) is 8.09. The molecule has 1 fully saturated rings. The van der Waals surface area contributed by atoms with E-state index in [1.807, 2.05) is 0 Å². The average Bonchev–Trinajstić information content (AvgIpc) is 3.07. The van der Waals surface area contributed by atoms with Crippen LogP contribution in [0.5, 0.6) is 5.75 Å². The van der Waals surface area contributed by atoms with E-state index < -0.39 is 19.2 Å². The van der Waals surface area contributed by atoms with Gasteiger partial charge in [0.15, 0.2) is 0 Å². The summed E-state index contributed by atoms with van der Waals surface area (Å²) in [7, 11) is 0.180. The molecule has 2 atom stereocenters. The van der Waals surface area contributed by atoms with Crippen molar-refractivity contribution in [2.75, 3.05) is 20.3 Å². The molecular weight excluding hydrogens is 396 g/mol. The van der Waals surface area contributed by atoms with Gasteiger partial charge in [0.05, 0.1) is 18.6 Å². The molecule has 0 aromatic heterocycles. The van der Waals surface area contributed by atoms with Gasteiger partial charge < -0.3 is 19.5 Å². The van der Waals surface area contributed by atoms with Gasteiger partial charge >= 0.3 is 12.1 Å². The molecule has 1 aromatic carbocycles. The third-order valence-electron chi connectivity index (χ3n) is 4.16. The van der Waals surface area contributed by atoms with Gasteiger partial charge in [0.25, 0.3) is 5.69 Å². The molecular formula is C19H30N2O7Si. The van der Waals surface area contributed by atoms with E-state index >= 15 is 0 Å². The molecule has 0 radical (unpaired) electrons. The zero-order valence-corrected chi connectivity index (χ0v) is 18.6. The number of non-ortho nitro benzene ring substituents is 1. The molecule has 1 aliphatic heterocycles. The zero-order valence-electron chi connectivity index (χ0n) is 17.6. The second kappa shape index (κ2) is 11.5. The van der Waals surface area contributed by atoms with E-state index in [0.717, 1.165) is 19.0 Å². The van der Waals surface area contributed by atoms with E-state index in [9.17, 15) is 19.7 Å². The Morgan fingerprint density at radius 1 is 1.24 bits per heavy atom. The fraction of sp³-hybridized carbons (Fsp3) is 0.579. The zero-order chi connectivity index (χ0) is 22.0. The summed E-state index contributed by atoms with van der Waals surface area (Å²) >= 11 is 0. The lowest BCUT2D eigenvalue weighted by Crippen LogP contribution is -2.31. The maximum absolute atomic E-state index is 11.4. The van der Waals surface area contributed by atoms with Crippen molar-refractivity contribution in [3.8, 4) is 5.75 Å². The number of methoxy groups -OCH3 is 1. The Bertz CT molecular complexity index is 689. The van der Waals surface area contributed by atoms with Crippen molar-refractivity contribution in [1.29, 1.82) is 0 Å². The number of carbonyl (C=O) groups is 2. The Morgan fingerprint density at radius 2 is 1.86 bits per heavy atom. The Hall–Kier alpha value is -2.46. The molecule has 0 spiro atoms. The second-order valence-corrected chi connectivity index (χ2v) is 13.7. The lowest BCUT2D eigenvalue weighted by atomic mass is 10.1. The van der Waals surface area contributed by atoms with Crippen LogP contribution in [0.4, 0.5) is 10.5 Å². The molecule has 1 aromatic rings. The van der Waals surface area contributed by atoms with Crippen LogP contribution in [-0.2, 0) is 14.3 Å². The highest BCUT2D eigenvalue weighted by Crippen LogP contribution is 2.18. The molecule has 0 saturated carbocycles. The van der Waals surface area contributed by atoms with Gasteiger partial charge in [-0.2, -0.15) is 0 Å². The van der Waals surface area contributed by atoms with Gasteiger partial charge in [0.1, 0.15) is 11.8 Å². The predicted molar refractivity (Wildman–Crippen MR) is 111 cm³/mol. The monoisotopic (exact) mass is 426 g/mol. The smallest absolute Gasteiger partial charge is 0.468 e. The molecule has 9 nitrogen and oxygen atoms in total. The molecule has 1 N–H and O–H groups in total. The summed E-state index contributed by atoms with van der Waals surface area (Å²) < 4.78 is 14.4. The van der Waals surface area contributed by atoms with E-state index in [1.165, 1.54) is 31.4 Å². The summed E-state index contributed by atoms with van der Waals surface area (Å²) in [6.45, 7) is 9.92. The highest BCUT2D eigenvalue weighted by atomic mass is 28.3. The van der Waals surface area contributed by atoms with Gasteiger partial charge in [-0.25, -0.2) is 4.79 Å². The minimum absolute atomic E-state index is 0.0556. The summed E-state index contributed by atoms with van der Waals surface area (Å²) in [6, 6.07) is 6.06. The number of ether oxygens (including phenoxy) is 3. The molecule has 1 saturated heterocycles. The fourth-order valence-electron chi connectivity index (χ4n) is 2.44. The molecule has 0 bridgehead atoms. The van der Waals surface area contributed by atoms with Crippen LogP contribution >= 0.6 is 0 Å². The Morgan fingerprint density at radius 3 is 2.31 bits per heavy atom. The Kier molecular flexibility index (Phi) is 9.76. The van der Waals surface area contributed by atoms with E-state index in [0.29, 0.717) is 12.5 Å². The lowest BCUT2D eigenvalue weighted by molar-refractivity contribution is -0.384. The summed E-state index contributed by atoms with van der Waals surface area (Å²) in [5.41, 5.74) is -0.0561. The number of rotatable bonds is 6. The summed E-state index contributed by atoms with van der Waals surface area (Å²) in [5, 5.41) is 13.5. The molecule has 1 aliphatic rings. The first-order valence-electron chi connectivity index (χ1n) is 9.42. The third-order valence-corrected chi connectivity index (χ3v) is 5.86. The number of nitro groups is 1. The molecule has 162 valence electrons. The fourth-order valence-corrected chi connectivity index (χ4v) is 3.15. The highest BCUT2D eigenvalue weighted by Gasteiger charge is 2.27. The van der Waals surface area contributed by atoms with E-state index in [2.05, 4.69) is 36.6 Å². The van der Waals surface area contributed by atoms with Crippen molar-refractivity contribution in [3.05, 3.63) is 34.4 Å². The van der Waals surface area contributed by atoms with Crippen molar-refractivity contribution < 1.29 is 28.7 Å². The molecule has 0 amide bonds. The number of nitrogens with zero attached hydrogens (tertiary/aromatic N) is 1. The summed E-state index contributed by atoms with van der Waals surface area (Å²) in [4.78, 5) is 32.2. The number of hydrogen-bond donors (Lipinski definition) is 1.